The Morgan fingerprint density at radius 2 is 1.52 bits per heavy atom. The van der Waals surface area contributed by atoms with Gasteiger partial charge in [0.25, 0.3) is 0 Å². The molecule has 0 spiro atoms. The van der Waals surface area contributed by atoms with Crippen LogP contribution in [0.2, 0.25) is 18.1 Å². The summed E-state index contributed by atoms with van der Waals surface area (Å²) in [5, 5.41) is 0. The van der Waals surface area contributed by atoms with Gasteiger partial charge in [-0.25, -0.2) is 0 Å². The largest absolute Gasteiger partial charge is 0.546 e. The first kappa shape index (κ1) is 25.2. The number of aryl methyl sites for hydroxylation is 1. The average molecular weight is 447 g/mol. The average Bonchev–Trinajstić information content (AvgIpc) is 2.78. The summed E-state index contributed by atoms with van der Waals surface area (Å²) in [5.74, 6) is -1.50. The fourth-order valence-corrected chi connectivity index (χ4v) is 7.20. The highest BCUT2D eigenvalue weighted by molar-refractivity contribution is 6.73. The first-order valence-electron chi connectivity index (χ1n) is 11.7. The molecule has 0 amide bonds. The van der Waals surface area contributed by atoms with Gasteiger partial charge in [0.15, 0.2) is 0 Å². The highest BCUT2D eigenvalue weighted by Crippen LogP contribution is 2.46. The van der Waals surface area contributed by atoms with Crippen LogP contribution in [0, 0.1) is 18.8 Å². The Hall–Kier alpha value is -2.08. The molecular weight excluding hydrogens is 408 g/mol. The van der Waals surface area contributed by atoms with Gasteiger partial charge in [0.05, 0.1) is 36.7 Å². The van der Waals surface area contributed by atoms with E-state index in [1.54, 1.807) is 13.8 Å². The van der Waals surface area contributed by atoms with E-state index in [-0.39, 0.29) is 31.1 Å². The summed E-state index contributed by atoms with van der Waals surface area (Å²) in [4.78, 5) is 26.1. The van der Waals surface area contributed by atoms with Crippen molar-refractivity contribution >= 4 is 20.3 Å². The Morgan fingerprint density at radius 1 is 0.935 bits per heavy atom. The van der Waals surface area contributed by atoms with E-state index >= 15 is 0 Å². The minimum atomic E-state index is -1.98. The smallest absolute Gasteiger partial charge is 0.310 e. The van der Waals surface area contributed by atoms with E-state index < -0.39 is 20.2 Å². The van der Waals surface area contributed by atoms with Crippen molar-refractivity contribution in [2.45, 2.75) is 72.0 Å². The van der Waals surface area contributed by atoms with Crippen molar-refractivity contribution < 1.29 is 23.5 Å². The SMILES string of the molecule is CCOC(=O)[C@@H]1C(c2ccccc2C)C(O[Si](CC)(CC)CC)=CC[C@H]1C(=O)OCC. The summed E-state index contributed by atoms with van der Waals surface area (Å²) in [6, 6.07) is 11.0. The van der Waals surface area contributed by atoms with E-state index in [1.807, 2.05) is 37.3 Å². The Bertz CT molecular complexity index is 776. The van der Waals surface area contributed by atoms with Crippen LogP contribution in [-0.4, -0.2) is 33.5 Å². The molecule has 1 aromatic carbocycles. The van der Waals surface area contributed by atoms with Crippen molar-refractivity contribution in [1.29, 1.82) is 0 Å². The van der Waals surface area contributed by atoms with Gasteiger partial charge in [-0.3, -0.25) is 9.59 Å². The van der Waals surface area contributed by atoms with E-state index in [0.29, 0.717) is 6.42 Å². The number of esters is 2. The minimum Gasteiger partial charge on any atom is -0.546 e. The zero-order valence-electron chi connectivity index (χ0n) is 19.9. The number of allylic oxidation sites excluding steroid dienone is 2. The molecule has 0 heterocycles. The normalized spacial score (nSPS) is 21.2. The second-order valence-electron chi connectivity index (χ2n) is 8.16. The lowest BCUT2D eigenvalue weighted by Crippen LogP contribution is -2.43. The Morgan fingerprint density at radius 3 is 2.06 bits per heavy atom. The number of rotatable bonds is 10. The predicted octanol–water partition coefficient (Wildman–Crippen LogP) is 5.75. The maximum absolute atomic E-state index is 13.2. The molecule has 0 fully saturated rings. The molecule has 0 radical (unpaired) electrons. The van der Waals surface area contributed by atoms with Gasteiger partial charge in [0.1, 0.15) is 0 Å². The van der Waals surface area contributed by atoms with Crippen LogP contribution in [0.4, 0.5) is 0 Å². The third-order valence-electron chi connectivity index (χ3n) is 6.61. The van der Waals surface area contributed by atoms with Crippen LogP contribution in [-0.2, 0) is 23.5 Å². The molecule has 2 rings (SSSR count). The molecule has 0 saturated carbocycles. The molecule has 1 aliphatic carbocycles. The van der Waals surface area contributed by atoms with Crippen LogP contribution in [0.25, 0.3) is 0 Å². The highest BCUT2D eigenvalue weighted by Gasteiger charge is 2.48. The van der Waals surface area contributed by atoms with Gasteiger partial charge in [0.2, 0.25) is 8.32 Å². The molecule has 1 aromatic rings. The number of hydrogen-bond donors (Lipinski definition) is 0. The van der Waals surface area contributed by atoms with E-state index in [1.165, 1.54) is 0 Å². The number of benzene rings is 1. The maximum atomic E-state index is 13.2. The lowest BCUT2D eigenvalue weighted by Gasteiger charge is -2.40. The topological polar surface area (TPSA) is 61.8 Å². The zero-order valence-corrected chi connectivity index (χ0v) is 20.9. The molecule has 31 heavy (non-hydrogen) atoms. The monoisotopic (exact) mass is 446 g/mol. The number of carbonyl (C=O) groups excluding carboxylic acids is 2. The molecule has 3 atom stereocenters. The Labute approximate surface area is 188 Å². The highest BCUT2D eigenvalue weighted by atomic mass is 28.4. The molecule has 5 nitrogen and oxygen atoms in total. The second-order valence-corrected chi connectivity index (χ2v) is 12.9. The molecule has 1 aliphatic rings. The van der Waals surface area contributed by atoms with Crippen molar-refractivity contribution in [3.8, 4) is 0 Å². The standard InChI is InChI=1S/C25H38O5Si/c1-7-28-24(26)20-16-17-21(30-31(9-3,10-4)11-5)22(23(20)25(27)29-8-2)19-15-13-12-14-18(19)6/h12-15,17,20,22-23H,7-11,16H2,1-6H3/t20-,22?,23+/m1/s1. The lowest BCUT2D eigenvalue weighted by molar-refractivity contribution is -0.161. The van der Waals surface area contributed by atoms with Crippen molar-refractivity contribution in [2.75, 3.05) is 13.2 Å². The van der Waals surface area contributed by atoms with Crippen LogP contribution in [0.5, 0.6) is 0 Å². The molecule has 172 valence electrons. The molecular formula is C25H38O5Si. The van der Waals surface area contributed by atoms with Crippen molar-refractivity contribution in [2.24, 2.45) is 11.8 Å². The van der Waals surface area contributed by atoms with Crippen LogP contribution in [0.15, 0.2) is 36.1 Å². The van der Waals surface area contributed by atoms with Gasteiger partial charge < -0.3 is 13.9 Å². The zero-order chi connectivity index (χ0) is 23.0. The fraction of sp³-hybridized carbons (Fsp3) is 0.600. The molecule has 0 bridgehead atoms. The van der Waals surface area contributed by atoms with Crippen molar-refractivity contribution in [1.82, 2.24) is 0 Å². The summed E-state index contributed by atoms with van der Waals surface area (Å²) in [7, 11) is -1.98. The van der Waals surface area contributed by atoms with E-state index in [4.69, 9.17) is 13.9 Å². The fourth-order valence-electron chi connectivity index (χ4n) is 4.56. The minimum absolute atomic E-state index is 0.267. The molecule has 0 aromatic heterocycles. The summed E-state index contributed by atoms with van der Waals surface area (Å²) in [6.07, 6.45) is 2.44. The molecule has 0 N–H and O–H groups in total. The van der Waals surface area contributed by atoms with Crippen LogP contribution in [0.3, 0.4) is 0 Å². The van der Waals surface area contributed by atoms with Gasteiger partial charge in [-0.2, -0.15) is 0 Å². The first-order valence-corrected chi connectivity index (χ1v) is 14.2. The van der Waals surface area contributed by atoms with E-state index in [0.717, 1.165) is 35.0 Å². The molecule has 0 saturated heterocycles. The number of hydrogen-bond acceptors (Lipinski definition) is 5. The summed E-state index contributed by atoms with van der Waals surface area (Å²) < 4.78 is 17.7. The Kier molecular flexibility index (Phi) is 9.35. The van der Waals surface area contributed by atoms with E-state index in [2.05, 4.69) is 20.8 Å². The van der Waals surface area contributed by atoms with E-state index in [9.17, 15) is 9.59 Å². The van der Waals surface area contributed by atoms with Gasteiger partial charge in [0, 0.05) is 0 Å². The van der Waals surface area contributed by atoms with Crippen LogP contribution in [0.1, 0.15) is 58.1 Å². The summed E-state index contributed by atoms with van der Waals surface area (Å²) in [6.45, 7) is 12.7. The van der Waals surface area contributed by atoms with Gasteiger partial charge in [-0.15, -0.1) is 0 Å². The maximum Gasteiger partial charge on any atom is 0.310 e. The Balaban J connectivity index is 2.64. The van der Waals surface area contributed by atoms with Crippen molar-refractivity contribution in [3.63, 3.8) is 0 Å². The van der Waals surface area contributed by atoms with Gasteiger partial charge >= 0.3 is 11.9 Å². The molecule has 1 unspecified atom stereocenters. The lowest BCUT2D eigenvalue weighted by atomic mass is 9.71. The molecule has 0 aliphatic heterocycles. The quantitative estimate of drug-likeness (QED) is 0.338. The second kappa shape index (κ2) is 11.5. The first-order chi connectivity index (χ1) is 14.9. The number of carbonyl (C=O) groups is 2. The third-order valence-corrected chi connectivity index (χ3v) is 11.1. The van der Waals surface area contributed by atoms with Crippen molar-refractivity contribution in [3.05, 3.63) is 47.2 Å². The summed E-state index contributed by atoms with van der Waals surface area (Å²) in [5.41, 5.74) is 2.07. The number of ether oxygens (including phenoxy) is 2. The van der Waals surface area contributed by atoms with Gasteiger partial charge in [-0.1, -0.05) is 45.0 Å². The summed E-state index contributed by atoms with van der Waals surface area (Å²) >= 11 is 0. The van der Waals surface area contributed by atoms with Crippen LogP contribution >= 0.6 is 0 Å². The molecule has 6 heteroatoms. The third kappa shape index (κ3) is 5.59. The van der Waals surface area contributed by atoms with Gasteiger partial charge in [-0.05, 0) is 62.5 Å². The predicted molar refractivity (Wildman–Crippen MR) is 125 cm³/mol. The van der Waals surface area contributed by atoms with Crippen LogP contribution < -0.4 is 0 Å².